The summed E-state index contributed by atoms with van der Waals surface area (Å²) >= 11 is 1.04. The molecule has 2 aromatic rings. The zero-order valence-electron chi connectivity index (χ0n) is 13.3. The van der Waals surface area contributed by atoms with Gasteiger partial charge in [0.15, 0.2) is 17.4 Å². The number of carbonyl (C=O) groups is 1. The number of nitro benzene ring substituents is 1. The van der Waals surface area contributed by atoms with Crippen LogP contribution in [0.5, 0.6) is 5.75 Å². The molecule has 0 aliphatic heterocycles. The Kier molecular flexibility index (Phi) is 5.92. The number of thioether (sulfide) groups is 1. The first-order chi connectivity index (χ1) is 11.8. The molecule has 0 heterocycles. The summed E-state index contributed by atoms with van der Waals surface area (Å²) in [6, 6.07) is 6.04. The van der Waals surface area contributed by atoms with Crippen LogP contribution in [0.3, 0.4) is 0 Å². The van der Waals surface area contributed by atoms with Crippen LogP contribution in [-0.4, -0.2) is 23.7 Å². The molecule has 0 unspecified atom stereocenters. The average Bonchev–Trinajstić information content (AvgIpc) is 2.57. The van der Waals surface area contributed by atoms with Crippen LogP contribution in [0, 0.1) is 28.7 Å². The van der Waals surface area contributed by atoms with Gasteiger partial charge in [-0.1, -0.05) is 0 Å². The van der Waals surface area contributed by atoms with Crippen LogP contribution in [0.15, 0.2) is 35.2 Å². The third kappa shape index (κ3) is 4.66. The lowest BCUT2D eigenvalue weighted by Crippen LogP contribution is -2.15. The minimum Gasteiger partial charge on any atom is -0.490 e. The van der Waals surface area contributed by atoms with Gasteiger partial charge in [-0.25, -0.2) is 8.78 Å². The molecule has 0 spiro atoms. The molecule has 0 bridgehead atoms. The first-order valence-corrected chi connectivity index (χ1v) is 8.01. The Morgan fingerprint density at radius 2 is 2.00 bits per heavy atom. The van der Waals surface area contributed by atoms with Crippen LogP contribution in [0.4, 0.5) is 20.2 Å². The number of amides is 1. The SMILES string of the molecule is COc1cc(NC(=O)CSc2ccc(F)c(F)c2)c(C)cc1[N+](=O)[O-]. The monoisotopic (exact) mass is 368 g/mol. The van der Waals surface area contributed by atoms with Gasteiger partial charge in [0.05, 0.1) is 17.8 Å². The van der Waals surface area contributed by atoms with E-state index in [-0.39, 0.29) is 17.2 Å². The number of hydrogen-bond donors (Lipinski definition) is 1. The van der Waals surface area contributed by atoms with Gasteiger partial charge in [0.1, 0.15) is 0 Å². The minimum atomic E-state index is -0.985. The number of hydrogen-bond acceptors (Lipinski definition) is 5. The van der Waals surface area contributed by atoms with E-state index in [9.17, 15) is 23.7 Å². The molecular weight excluding hydrogens is 354 g/mol. The molecule has 0 aliphatic carbocycles. The molecule has 9 heteroatoms. The van der Waals surface area contributed by atoms with Crippen molar-refractivity contribution >= 4 is 29.0 Å². The van der Waals surface area contributed by atoms with Crippen molar-refractivity contribution in [3.63, 3.8) is 0 Å². The number of nitrogens with zero attached hydrogens (tertiary/aromatic N) is 1. The lowest BCUT2D eigenvalue weighted by molar-refractivity contribution is -0.385. The summed E-state index contributed by atoms with van der Waals surface area (Å²) in [5.74, 6) is -2.35. The van der Waals surface area contributed by atoms with Gasteiger partial charge in [0.2, 0.25) is 5.91 Å². The van der Waals surface area contributed by atoms with E-state index < -0.39 is 22.5 Å². The molecule has 132 valence electrons. The molecule has 0 saturated heterocycles. The van der Waals surface area contributed by atoms with Crippen LogP contribution in [0.1, 0.15) is 5.56 Å². The highest BCUT2D eigenvalue weighted by Crippen LogP contribution is 2.33. The Hall–Kier alpha value is -2.68. The molecule has 0 aliphatic rings. The van der Waals surface area contributed by atoms with Crippen LogP contribution < -0.4 is 10.1 Å². The highest BCUT2D eigenvalue weighted by atomic mass is 32.2. The second kappa shape index (κ2) is 7.93. The molecular formula is C16H14F2N2O4S. The number of rotatable bonds is 6. The summed E-state index contributed by atoms with van der Waals surface area (Å²) in [5, 5.41) is 13.6. The summed E-state index contributed by atoms with van der Waals surface area (Å²) in [4.78, 5) is 22.8. The van der Waals surface area contributed by atoms with Gasteiger partial charge in [-0.3, -0.25) is 14.9 Å². The first-order valence-electron chi connectivity index (χ1n) is 7.02. The average molecular weight is 368 g/mol. The molecule has 0 atom stereocenters. The number of aryl methyl sites for hydroxylation is 1. The topological polar surface area (TPSA) is 81.5 Å². The molecule has 2 aromatic carbocycles. The number of benzene rings is 2. The third-order valence-corrected chi connectivity index (χ3v) is 4.25. The quantitative estimate of drug-likeness (QED) is 0.475. The summed E-state index contributed by atoms with van der Waals surface area (Å²) in [6.45, 7) is 1.62. The van der Waals surface area contributed by atoms with Gasteiger partial charge in [-0.15, -0.1) is 11.8 Å². The van der Waals surface area contributed by atoms with Crippen molar-refractivity contribution in [2.45, 2.75) is 11.8 Å². The highest BCUT2D eigenvalue weighted by molar-refractivity contribution is 8.00. The number of carbonyl (C=O) groups excluding carboxylic acids is 1. The Labute approximate surface area is 146 Å². The van der Waals surface area contributed by atoms with Crippen LogP contribution in [0.2, 0.25) is 0 Å². The van der Waals surface area contributed by atoms with Crippen molar-refractivity contribution in [2.75, 3.05) is 18.2 Å². The van der Waals surface area contributed by atoms with E-state index in [1.54, 1.807) is 6.92 Å². The molecule has 0 radical (unpaired) electrons. The van der Waals surface area contributed by atoms with Crippen LogP contribution >= 0.6 is 11.8 Å². The molecule has 0 fully saturated rings. The van der Waals surface area contributed by atoms with Gasteiger partial charge in [-0.05, 0) is 30.7 Å². The first kappa shape index (κ1) is 18.7. The zero-order chi connectivity index (χ0) is 18.6. The number of methoxy groups -OCH3 is 1. The van der Waals surface area contributed by atoms with E-state index in [0.29, 0.717) is 16.1 Å². The lowest BCUT2D eigenvalue weighted by atomic mass is 10.1. The Morgan fingerprint density at radius 3 is 2.60 bits per heavy atom. The molecule has 0 aromatic heterocycles. The summed E-state index contributed by atoms with van der Waals surface area (Å²) in [7, 11) is 1.29. The van der Waals surface area contributed by atoms with E-state index in [2.05, 4.69) is 5.32 Å². The zero-order valence-corrected chi connectivity index (χ0v) is 14.2. The maximum atomic E-state index is 13.1. The van der Waals surface area contributed by atoms with E-state index in [1.165, 1.54) is 25.3 Å². The maximum Gasteiger partial charge on any atom is 0.311 e. The van der Waals surface area contributed by atoms with Crippen LogP contribution in [-0.2, 0) is 4.79 Å². The van der Waals surface area contributed by atoms with Gasteiger partial charge >= 0.3 is 5.69 Å². The van der Waals surface area contributed by atoms with Gasteiger partial charge in [-0.2, -0.15) is 0 Å². The lowest BCUT2D eigenvalue weighted by Gasteiger charge is -2.11. The highest BCUT2D eigenvalue weighted by Gasteiger charge is 2.18. The smallest absolute Gasteiger partial charge is 0.311 e. The van der Waals surface area contributed by atoms with Crippen LogP contribution in [0.25, 0.3) is 0 Å². The van der Waals surface area contributed by atoms with E-state index in [1.807, 2.05) is 0 Å². The normalized spacial score (nSPS) is 10.4. The molecule has 1 N–H and O–H groups in total. The number of nitro groups is 1. The van der Waals surface area contributed by atoms with Crippen molar-refractivity contribution in [1.82, 2.24) is 0 Å². The van der Waals surface area contributed by atoms with Crippen molar-refractivity contribution in [2.24, 2.45) is 0 Å². The van der Waals surface area contributed by atoms with Gasteiger partial charge < -0.3 is 10.1 Å². The van der Waals surface area contributed by atoms with E-state index in [4.69, 9.17) is 4.74 Å². The maximum absolute atomic E-state index is 13.1. The molecule has 2 rings (SSSR count). The van der Waals surface area contributed by atoms with E-state index >= 15 is 0 Å². The van der Waals surface area contributed by atoms with Gasteiger partial charge in [0.25, 0.3) is 0 Å². The fourth-order valence-corrected chi connectivity index (χ4v) is 2.74. The molecule has 0 saturated carbocycles. The van der Waals surface area contributed by atoms with Gasteiger partial charge in [0, 0.05) is 22.7 Å². The summed E-state index contributed by atoms with van der Waals surface area (Å²) in [5.41, 5.74) is 0.672. The fraction of sp³-hybridized carbons (Fsp3) is 0.188. The fourth-order valence-electron chi connectivity index (χ4n) is 2.02. The van der Waals surface area contributed by atoms with Crippen molar-refractivity contribution in [3.05, 3.63) is 57.6 Å². The second-order valence-corrected chi connectivity index (χ2v) is 6.06. The number of anilines is 1. The molecule has 25 heavy (non-hydrogen) atoms. The number of ether oxygens (including phenoxy) is 1. The Morgan fingerprint density at radius 1 is 1.28 bits per heavy atom. The molecule has 6 nitrogen and oxygen atoms in total. The minimum absolute atomic E-state index is 0.0270. The van der Waals surface area contributed by atoms with Crippen molar-refractivity contribution in [3.8, 4) is 5.75 Å². The Bertz CT molecular complexity index is 830. The second-order valence-electron chi connectivity index (χ2n) is 5.01. The third-order valence-electron chi connectivity index (χ3n) is 3.26. The van der Waals surface area contributed by atoms with Crippen molar-refractivity contribution < 1.29 is 23.2 Å². The predicted molar refractivity (Wildman–Crippen MR) is 90.1 cm³/mol. The summed E-state index contributed by atoms with van der Waals surface area (Å²) < 4.78 is 31.0. The Balaban J connectivity index is 2.07. The number of halogens is 2. The summed E-state index contributed by atoms with van der Waals surface area (Å²) in [6.07, 6.45) is 0. The van der Waals surface area contributed by atoms with Crippen molar-refractivity contribution in [1.29, 1.82) is 0 Å². The standard InChI is InChI=1S/C16H14F2N2O4S/c1-9-5-14(20(22)23)15(24-2)7-13(9)19-16(21)8-25-10-3-4-11(17)12(18)6-10/h3-7H,8H2,1-2H3,(H,19,21). The van der Waals surface area contributed by atoms with E-state index in [0.717, 1.165) is 23.9 Å². The largest absolute Gasteiger partial charge is 0.490 e. The molecule has 1 amide bonds. The number of nitrogens with one attached hydrogen (secondary N) is 1. The predicted octanol–water partition coefficient (Wildman–Crippen LogP) is 3.92.